The number of amides is 3. The summed E-state index contributed by atoms with van der Waals surface area (Å²) in [7, 11) is 0. The van der Waals surface area contributed by atoms with E-state index in [-0.39, 0.29) is 17.2 Å². The highest BCUT2D eigenvalue weighted by atomic mass is 79.9. The molecule has 1 unspecified atom stereocenters. The Morgan fingerprint density at radius 3 is 2.30 bits per heavy atom. The Balaban J connectivity index is 1.48. The second-order valence-electron chi connectivity index (χ2n) is 9.50. The molecule has 0 aliphatic carbocycles. The molecule has 0 spiro atoms. The summed E-state index contributed by atoms with van der Waals surface area (Å²) in [5, 5.41) is 17.1. The van der Waals surface area contributed by atoms with Gasteiger partial charge in [0.25, 0.3) is 11.8 Å². The Hall–Kier alpha value is -4.67. The molecule has 0 aromatic heterocycles. The summed E-state index contributed by atoms with van der Waals surface area (Å²) in [6.07, 6.45) is 1.59. The molecule has 3 amide bonds. The molecule has 0 aliphatic heterocycles. The molecule has 218 valence electrons. The van der Waals surface area contributed by atoms with Crippen molar-refractivity contribution >= 4 is 68.8 Å². The summed E-state index contributed by atoms with van der Waals surface area (Å²) in [6, 6.07) is 27.5. The van der Waals surface area contributed by atoms with Gasteiger partial charge >= 0.3 is 5.97 Å². The van der Waals surface area contributed by atoms with E-state index in [4.69, 9.17) is 0 Å². The molecule has 4 N–H and O–H groups in total. The molecule has 0 saturated heterocycles. The minimum absolute atomic E-state index is 0.0525. The Morgan fingerprint density at radius 1 is 0.837 bits per heavy atom. The van der Waals surface area contributed by atoms with Crippen LogP contribution in [-0.4, -0.2) is 34.0 Å². The van der Waals surface area contributed by atoms with Crippen LogP contribution in [0.3, 0.4) is 0 Å². The van der Waals surface area contributed by atoms with Crippen LogP contribution < -0.4 is 16.0 Å². The van der Waals surface area contributed by atoms with Gasteiger partial charge in [0.05, 0.1) is 10.8 Å². The average molecular weight is 659 g/mol. The molecule has 0 saturated carbocycles. The van der Waals surface area contributed by atoms with Crippen molar-refractivity contribution in [1.29, 1.82) is 0 Å². The fraction of sp³-hybridized carbons (Fsp3) is 0.0909. The number of carbonyl (C=O) groups excluding carboxylic acids is 3. The van der Waals surface area contributed by atoms with Crippen LogP contribution in [0.2, 0.25) is 0 Å². The molecular formula is C33H28BrN3O5S. The number of carboxylic acid groups (broad SMARTS) is 1. The van der Waals surface area contributed by atoms with Gasteiger partial charge in [-0.05, 0) is 85.6 Å². The van der Waals surface area contributed by atoms with E-state index < -0.39 is 23.0 Å². The SMILES string of the molecule is Cc1ccc(C(=O)O)cc1NC(=O)C(C)Sc1cccc(NC(=O)/C(=C\c2cccc(Br)c2)NC(=O)c2ccccc2)c1. The summed E-state index contributed by atoms with van der Waals surface area (Å²) >= 11 is 4.71. The number of rotatable bonds is 10. The molecule has 0 fully saturated rings. The molecule has 0 heterocycles. The van der Waals surface area contributed by atoms with Crippen LogP contribution in [0.5, 0.6) is 0 Å². The second-order valence-corrected chi connectivity index (χ2v) is 11.8. The predicted molar refractivity (Wildman–Crippen MR) is 173 cm³/mol. The third kappa shape index (κ3) is 8.91. The van der Waals surface area contributed by atoms with E-state index in [1.54, 1.807) is 74.5 Å². The monoisotopic (exact) mass is 657 g/mol. The molecule has 8 nitrogen and oxygen atoms in total. The summed E-state index contributed by atoms with van der Waals surface area (Å²) in [5.41, 5.74) is 2.90. The second kappa shape index (κ2) is 14.5. The number of halogens is 1. The minimum Gasteiger partial charge on any atom is -0.478 e. The number of carbonyl (C=O) groups is 4. The van der Waals surface area contributed by atoms with Crippen molar-refractivity contribution in [3.8, 4) is 0 Å². The maximum atomic E-state index is 13.4. The first-order chi connectivity index (χ1) is 20.6. The molecule has 1 atom stereocenters. The lowest BCUT2D eigenvalue weighted by Crippen LogP contribution is -2.30. The van der Waals surface area contributed by atoms with Crippen LogP contribution in [0, 0.1) is 6.92 Å². The zero-order chi connectivity index (χ0) is 30.9. The van der Waals surface area contributed by atoms with Gasteiger partial charge in [-0.25, -0.2) is 4.79 Å². The zero-order valence-corrected chi connectivity index (χ0v) is 25.7. The number of hydrogen-bond donors (Lipinski definition) is 4. The van der Waals surface area contributed by atoms with E-state index in [0.717, 1.165) is 14.9 Å². The van der Waals surface area contributed by atoms with Gasteiger partial charge < -0.3 is 21.1 Å². The highest BCUT2D eigenvalue weighted by molar-refractivity contribution is 9.10. The standard InChI is InChI=1S/C33H28BrN3O5S/c1-20-14-15-24(33(41)42)18-28(20)36-30(38)21(2)43-27-13-7-12-26(19-27)35-32(40)29(17-22-8-6-11-25(34)16-22)37-31(39)23-9-4-3-5-10-23/h3-19,21H,1-2H3,(H,35,40)(H,36,38)(H,37,39)(H,41,42)/b29-17+. The number of hydrogen-bond acceptors (Lipinski definition) is 5. The van der Waals surface area contributed by atoms with Gasteiger partial charge in [-0.15, -0.1) is 11.8 Å². The highest BCUT2D eigenvalue weighted by Gasteiger charge is 2.18. The number of benzene rings is 4. The molecular weight excluding hydrogens is 630 g/mol. The topological polar surface area (TPSA) is 125 Å². The first-order valence-corrected chi connectivity index (χ1v) is 14.8. The van der Waals surface area contributed by atoms with Gasteiger partial charge in [0, 0.05) is 26.3 Å². The minimum atomic E-state index is -1.08. The predicted octanol–water partition coefficient (Wildman–Crippen LogP) is 6.98. The fourth-order valence-electron chi connectivity index (χ4n) is 3.93. The summed E-state index contributed by atoms with van der Waals surface area (Å²) in [4.78, 5) is 51.3. The van der Waals surface area contributed by atoms with Crippen molar-refractivity contribution < 1.29 is 24.3 Å². The Morgan fingerprint density at radius 2 is 1.58 bits per heavy atom. The number of anilines is 2. The number of thioether (sulfide) groups is 1. The highest BCUT2D eigenvalue weighted by Crippen LogP contribution is 2.28. The van der Waals surface area contributed by atoms with Crippen molar-refractivity contribution in [3.05, 3.63) is 129 Å². The fourth-order valence-corrected chi connectivity index (χ4v) is 5.28. The number of aromatic carboxylic acids is 1. The van der Waals surface area contributed by atoms with Crippen molar-refractivity contribution in [2.24, 2.45) is 0 Å². The van der Waals surface area contributed by atoms with E-state index in [2.05, 4.69) is 31.9 Å². The lowest BCUT2D eigenvalue weighted by molar-refractivity contribution is -0.115. The Labute approximate surface area is 261 Å². The molecule has 0 radical (unpaired) electrons. The van der Waals surface area contributed by atoms with Crippen LogP contribution in [0.25, 0.3) is 6.08 Å². The molecule has 4 aromatic carbocycles. The van der Waals surface area contributed by atoms with Gasteiger partial charge in [0.2, 0.25) is 5.91 Å². The van der Waals surface area contributed by atoms with Gasteiger partial charge in [-0.2, -0.15) is 0 Å². The lowest BCUT2D eigenvalue weighted by Gasteiger charge is -2.15. The van der Waals surface area contributed by atoms with Crippen LogP contribution >= 0.6 is 27.7 Å². The number of nitrogens with one attached hydrogen (secondary N) is 3. The third-order valence-electron chi connectivity index (χ3n) is 6.20. The van der Waals surface area contributed by atoms with Crippen molar-refractivity contribution in [1.82, 2.24) is 5.32 Å². The lowest BCUT2D eigenvalue weighted by atomic mass is 10.1. The van der Waals surface area contributed by atoms with Gasteiger partial charge in [0.15, 0.2) is 0 Å². The van der Waals surface area contributed by atoms with Crippen LogP contribution in [0.15, 0.2) is 112 Å². The van der Waals surface area contributed by atoms with Crippen molar-refractivity contribution in [2.45, 2.75) is 24.0 Å². The molecule has 43 heavy (non-hydrogen) atoms. The zero-order valence-electron chi connectivity index (χ0n) is 23.3. The van der Waals surface area contributed by atoms with Gasteiger partial charge in [-0.1, -0.05) is 58.4 Å². The first kappa shape index (κ1) is 31.3. The molecule has 4 aromatic rings. The van der Waals surface area contributed by atoms with Gasteiger partial charge in [0.1, 0.15) is 5.70 Å². The average Bonchev–Trinajstić information content (AvgIpc) is 2.98. The van der Waals surface area contributed by atoms with E-state index in [0.29, 0.717) is 22.5 Å². The van der Waals surface area contributed by atoms with E-state index in [9.17, 15) is 24.3 Å². The van der Waals surface area contributed by atoms with Gasteiger partial charge in [-0.3, -0.25) is 14.4 Å². The van der Waals surface area contributed by atoms with E-state index >= 15 is 0 Å². The molecule has 0 aliphatic rings. The number of carboxylic acids is 1. The summed E-state index contributed by atoms with van der Waals surface area (Å²) < 4.78 is 0.822. The van der Waals surface area contributed by atoms with Crippen LogP contribution in [0.1, 0.15) is 38.8 Å². The quantitative estimate of drug-likeness (QED) is 0.108. The van der Waals surface area contributed by atoms with Crippen LogP contribution in [-0.2, 0) is 9.59 Å². The van der Waals surface area contributed by atoms with E-state index in [1.807, 2.05) is 30.3 Å². The molecule has 0 bridgehead atoms. The smallest absolute Gasteiger partial charge is 0.335 e. The summed E-state index contributed by atoms with van der Waals surface area (Å²) in [6.45, 7) is 3.52. The number of aryl methyl sites for hydroxylation is 1. The maximum absolute atomic E-state index is 13.4. The summed E-state index contributed by atoms with van der Waals surface area (Å²) in [5.74, 6) is -2.32. The maximum Gasteiger partial charge on any atom is 0.335 e. The first-order valence-electron chi connectivity index (χ1n) is 13.2. The molecule has 10 heteroatoms. The van der Waals surface area contributed by atoms with E-state index in [1.165, 1.54) is 23.9 Å². The largest absolute Gasteiger partial charge is 0.478 e. The van der Waals surface area contributed by atoms with Crippen molar-refractivity contribution in [2.75, 3.05) is 10.6 Å². The Bertz CT molecular complexity index is 1710. The normalized spacial score (nSPS) is 11.7. The molecule has 4 rings (SSSR count). The van der Waals surface area contributed by atoms with Crippen LogP contribution in [0.4, 0.5) is 11.4 Å². The Kier molecular flexibility index (Phi) is 10.5. The van der Waals surface area contributed by atoms with Crippen molar-refractivity contribution in [3.63, 3.8) is 0 Å². The third-order valence-corrected chi connectivity index (χ3v) is 7.79.